The second kappa shape index (κ2) is 8.31. The van der Waals surface area contributed by atoms with Crippen LogP contribution in [0.4, 0.5) is 5.82 Å². The topological polar surface area (TPSA) is 94.8 Å². The van der Waals surface area contributed by atoms with Gasteiger partial charge in [0.05, 0.1) is 28.4 Å². The van der Waals surface area contributed by atoms with Crippen molar-refractivity contribution in [3.63, 3.8) is 0 Å². The molecule has 0 aromatic carbocycles. The van der Waals surface area contributed by atoms with Crippen molar-refractivity contribution in [2.75, 3.05) is 17.7 Å². The van der Waals surface area contributed by atoms with E-state index in [9.17, 15) is 4.79 Å². The molecule has 1 aliphatic heterocycles. The molecule has 3 rings (SSSR count). The molecule has 0 spiro atoms. The molecule has 0 saturated carbocycles. The van der Waals surface area contributed by atoms with Gasteiger partial charge in [0.15, 0.2) is 5.82 Å². The Morgan fingerprint density at radius 1 is 1.52 bits per heavy atom. The van der Waals surface area contributed by atoms with E-state index in [2.05, 4.69) is 25.8 Å². The molecule has 8 nitrogen and oxygen atoms in total. The van der Waals surface area contributed by atoms with Crippen molar-refractivity contribution in [1.29, 1.82) is 0 Å². The first kappa shape index (κ1) is 18.4. The van der Waals surface area contributed by atoms with Crippen LogP contribution in [0.5, 0.6) is 0 Å². The first-order valence-corrected chi connectivity index (χ1v) is 9.39. The zero-order chi connectivity index (χ0) is 17.8. The van der Waals surface area contributed by atoms with Crippen LogP contribution in [0.15, 0.2) is 11.4 Å². The van der Waals surface area contributed by atoms with Crippen molar-refractivity contribution in [3.05, 3.63) is 21.8 Å². The molecular weight excluding hydrogens is 387 g/mol. The number of halogens is 2. The van der Waals surface area contributed by atoms with Crippen LogP contribution in [0.25, 0.3) is 0 Å². The number of anilines is 1. The third kappa shape index (κ3) is 4.60. The molecule has 11 heteroatoms. The Hall–Kier alpha value is -1.42. The van der Waals surface area contributed by atoms with Gasteiger partial charge in [-0.2, -0.15) is 0 Å². The Morgan fingerprint density at radius 3 is 3.12 bits per heavy atom. The van der Waals surface area contributed by atoms with Gasteiger partial charge in [-0.25, -0.2) is 9.67 Å². The minimum Gasteiger partial charge on any atom is -0.376 e. The normalized spacial score (nSPS) is 17.0. The van der Waals surface area contributed by atoms with Gasteiger partial charge in [0.25, 0.3) is 0 Å². The number of hydrogen-bond donors (Lipinski definition) is 1. The zero-order valence-corrected chi connectivity index (χ0v) is 15.7. The van der Waals surface area contributed by atoms with E-state index >= 15 is 0 Å². The van der Waals surface area contributed by atoms with E-state index in [-0.39, 0.29) is 23.6 Å². The van der Waals surface area contributed by atoms with Gasteiger partial charge in [0.2, 0.25) is 11.1 Å². The van der Waals surface area contributed by atoms with Crippen molar-refractivity contribution in [3.8, 4) is 0 Å². The molecule has 1 unspecified atom stereocenters. The number of nitrogens with zero attached hydrogens (tertiary/aromatic N) is 5. The number of carbonyl (C=O) groups is 1. The van der Waals surface area contributed by atoms with Gasteiger partial charge in [-0.1, -0.05) is 35.0 Å². The van der Waals surface area contributed by atoms with Crippen molar-refractivity contribution < 1.29 is 9.53 Å². The molecule has 2 aromatic heterocycles. The number of hydrogen-bond acceptors (Lipinski definition) is 7. The van der Waals surface area contributed by atoms with Gasteiger partial charge in [0, 0.05) is 12.8 Å². The van der Waals surface area contributed by atoms with Crippen LogP contribution in [0.2, 0.25) is 10.0 Å². The lowest BCUT2D eigenvalue weighted by Crippen LogP contribution is -2.18. The van der Waals surface area contributed by atoms with Crippen LogP contribution in [-0.4, -0.2) is 49.6 Å². The highest BCUT2D eigenvalue weighted by Gasteiger charge is 2.19. The van der Waals surface area contributed by atoms with Gasteiger partial charge >= 0.3 is 0 Å². The SMILES string of the molecule is Cc1c(Cl)cnc(NC(=O)CSc2nnnn2CC2CCCO2)c1Cl. The molecule has 1 fully saturated rings. The third-order valence-electron chi connectivity index (χ3n) is 3.69. The molecule has 1 aliphatic rings. The van der Waals surface area contributed by atoms with E-state index in [1.165, 1.54) is 18.0 Å². The lowest BCUT2D eigenvalue weighted by atomic mass is 10.2. The number of rotatable bonds is 6. The quantitative estimate of drug-likeness (QED) is 0.741. The number of ether oxygens (including phenoxy) is 1. The van der Waals surface area contributed by atoms with Crippen molar-refractivity contribution in [2.45, 2.75) is 37.6 Å². The van der Waals surface area contributed by atoms with E-state index in [1.807, 2.05) is 0 Å². The Balaban J connectivity index is 1.56. The average molecular weight is 403 g/mol. The summed E-state index contributed by atoms with van der Waals surface area (Å²) in [6, 6.07) is 0. The van der Waals surface area contributed by atoms with Gasteiger partial charge < -0.3 is 10.1 Å². The number of amides is 1. The maximum absolute atomic E-state index is 12.1. The zero-order valence-electron chi connectivity index (χ0n) is 13.4. The molecule has 0 bridgehead atoms. The van der Waals surface area contributed by atoms with E-state index in [4.69, 9.17) is 27.9 Å². The van der Waals surface area contributed by atoms with E-state index in [1.54, 1.807) is 11.6 Å². The predicted molar refractivity (Wildman–Crippen MR) is 95.1 cm³/mol. The number of carbonyl (C=O) groups excluding carboxylic acids is 1. The molecular formula is C14H16Cl2N6O2S. The van der Waals surface area contributed by atoms with Crippen LogP contribution in [0.1, 0.15) is 18.4 Å². The minimum absolute atomic E-state index is 0.122. The Morgan fingerprint density at radius 2 is 2.36 bits per heavy atom. The van der Waals surface area contributed by atoms with Crippen LogP contribution in [0.3, 0.4) is 0 Å². The Kier molecular flexibility index (Phi) is 6.10. The summed E-state index contributed by atoms with van der Waals surface area (Å²) in [7, 11) is 0. The van der Waals surface area contributed by atoms with Crippen LogP contribution >= 0.6 is 35.0 Å². The van der Waals surface area contributed by atoms with Gasteiger partial charge in [-0.3, -0.25) is 4.79 Å². The summed E-state index contributed by atoms with van der Waals surface area (Å²) in [5, 5.41) is 15.6. The molecule has 1 N–H and O–H groups in total. The molecule has 0 aliphatic carbocycles. The van der Waals surface area contributed by atoms with Crippen LogP contribution < -0.4 is 5.32 Å². The molecule has 134 valence electrons. The maximum atomic E-state index is 12.1. The summed E-state index contributed by atoms with van der Waals surface area (Å²) in [5.74, 6) is 0.159. The number of pyridine rings is 1. The first-order chi connectivity index (χ1) is 12.0. The lowest BCUT2D eigenvalue weighted by Gasteiger charge is -2.10. The van der Waals surface area contributed by atoms with E-state index < -0.39 is 0 Å². The summed E-state index contributed by atoms with van der Waals surface area (Å²) in [4.78, 5) is 16.2. The van der Waals surface area contributed by atoms with Gasteiger partial charge in [-0.05, 0) is 35.8 Å². The summed E-state index contributed by atoms with van der Waals surface area (Å²) in [6.07, 6.45) is 3.61. The van der Waals surface area contributed by atoms with Gasteiger partial charge in [0.1, 0.15) is 0 Å². The third-order valence-corrected chi connectivity index (χ3v) is 5.49. The Labute approximate surface area is 158 Å². The smallest absolute Gasteiger partial charge is 0.236 e. The highest BCUT2D eigenvalue weighted by molar-refractivity contribution is 7.99. The van der Waals surface area contributed by atoms with Crippen LogP contribution in [0, 0.1) is 6.92 Å². The van der Waals surface area contributed by atoms with E-state index in [0.717, 1.165) is 19.4 Å². The van der Waals surface area contributed by atoms with E-state index in [0.29, 0.717) is 27.3 Å². The molecule has 25 heavy (non-hydrogen) atoms. The fourth-order valence-corrected chi connectivity index (χ4v) is 3.41. The molecule has 3 heterocycles. The lowest BCUT2D eigenvalue weighted by molar-refractivity contribution is -0.113. The minimum atomic E-state index is -0.257. The summed E-state index contributed by atoms with van der Waals surface area (Å²) >= 11 is 13.3. The second-order valence-corrected chi connectivity index (χ2v) is 7.24. The van der Waals surface area contributed by atoms with Crippen molar-refractivity contribution in [2.24, 2.45) is 0 Å². The first-order valence-electron chi connectivity index (χ1n) is 7.65. The predicted octanol–water partition coefficient (Wildman–Crippen LogP) is 2.59. The average Bonchev–Trinajstić information content (AvgIpc) is 3.26. The standard InChI is InChI=1S/C14H16Cl2N6O2S/c1-8-10(15)5-17-13(12(8)16)18-11(23)7-25-14-19-20-21-22(14)6-9-3-2-4-24-9/h5,9H,2-4,6-7H2,1H3,(H,17,18,23). The highest BCUT2D eigenvalue weighted by Crippen LogP contribution is 2.28. The van der Waals surface area contributed by atoms with Gasteiger partial charge in [-0.15, -0.1) is 5.10 Å². The van der Waals surface area contributed by atoms with Crippen molar-refractivity contribution >= 4 is 46.7 Å². The fourth-order valence-electron chi connectivity index (χ4n) is 2.34. The number of nitrogens with one attached hydrogen (secondary N) is 1. The molecule has 0 radical (unpaired) electrons. The summed E-state index contributed by atoms with van der Waals surface area (Å²) < 4.78 is 7.24. The monoisotopic (exact) mass is 402 g/mol. The maximum Gasteiger partial charge on any atom is 0.236 e. The largest absolute Gasteiger partial charge is 0.376 e. The number of thioether (sulfide) groups is 1. The molecule has 1 saturated heterocycles. The number of tetrazole rings is 1. The summed E-state index contributed by atoms with van der Waals surface area (Å²) in [6.45, 7) is 3.11. The highest BCUT2D eigenvalue weighted by atomic mass is 35.5. The second-order valence-electron chi connectivity index (χ2n) is 5.51. The molecule has 1 amide bonds. The fraction of sp³-hybridized carbons (Fsp3) is 0.500. The molecule has 2 aromatic rings. The van der Waals surface area contributed by atoms with Crippen molar-refractivity contribution in [1.82, 2.24) is 25.2 Å². The van der Waals surface area contributed by atoms with Crippen LogP contribution in [-0.2, 0) is 16.1 Å². The molecule has 1 atom stereocenters. The Bertz CT molecular complexity index is 766. The summed E-state index contributed by atoms with van der Waals surface area (Å²) in [5.41, 5.74) is 0.668. The number of aromatic nitrogens is 5.